The summed E-state index contributed by atoms with van der Waals surface area (Å²) >= 11 is 0. The number of nitrogens with zero attached hydrogens (tertiary/aromatic N) is 1. The SMILES string of the molecule is COc1cc2c(cc1OC)[C@]1(C)C[C@@H](OCc3ccccc3)[C@@H](CC(C)CO)CN1CC2. The number of aliphatic hydroxyl groups is 1. The highest BCUT2D eigenvalue weighted by Gasteiger charge is 2.47. The third-order valence-electron chi connectivity index (χ3n) is 7.44. The Kier molecular flexibility index (Phi) is 7.08. The van der Waals surface area contributed by atoms with Crippen LogP contribution in [0.25, 0.3) is 0 Å². The second-order valence-electron chi connectivity index (χ2n) is 9.66. The number of ether oxygens (including phenoxy) is 3. The van der Waals surface area contributed by atoms with Gasteiger partial charge < -0.3 is 19.3 Å². The van der Waals surface area contributed by atoms with Crippen molar-refractivity contribution >= 4 is 0 Å². The number of piperidine rings is 1. The third kappa shape index (κ3) is 4.52. The van der Waals surface area contributed by atoms with Crippen LogP contribution in [0.4, 0.5) is 0 Å². The van der Waals surface area contributed by atoms with E-state index in [2.05, 4.69) is 55.1 Å². The summed E-state index contributed by atoms with van der Waals surface area (Å²) < 4.78 is 17.8. The van der Waals surface area contributed by atoms with Gasteiger partial charge in [0.25, 0.3) is 0 Å². The quantitative estimate of drug-likeness (QED) is 0.661. The third-order valence-corrected chi connectivity index (χ3v) is 7.44. The van der Waals surface area contributed by atoms with Crippen molar-refractivity contribution in [3.05, 3.63) is 59.2 Å². The maximum Gasteiger partial charge on any atom is 0.161 e. The van der Waals surface area contributed by atoms with Crippen LogP contribution < -0.4 is 9.47 Å². The first kappa shape index (κ1) is 23.1. The van der Waals surface area contributed by atoms with Crippen molar-refractivity contribution < 1.29 is 19.3 Å². The van der Waals surface area contributed by atoms with E-state index in [0.717, 1.165) is 43.9 Å². The molecule has 0 aliphatic carbocycles. The number of aliphatic hydroxyl groups excluding tert-OH is 1. The number of benzene rings is 2. The Morgan fingerprint density at radius 2 is 1.84 bits per heavy atom. The van der Waals surface area contributed by atoms with E-state index >= 15 is 0 Å². The Labute approximate surface area is 192 Å². The van der Waals surface area contributed by atoms with Crippen molar-refractivity contribution in [3.8, 4) is 11.5 Å². The minimum Gasteiger partial charge on any atom is -0.493 e. The normalized spacial score (nSPS) is 26.2. The molecule has 174 valence electrons. The van der Waals surface area contributed by atoms with Crippen molar-refractivity contribution in [1.29, 1.82) is 0 Å². The van der Waals surface area contributed by atoms with Gasteiger partial charge in [0.1, 0.15) is 0 Å². The number of hydrogen-bond acceptors (Lipinski definition) is 5. The van der Waals surface area contributed by atoms with Gasteiger partial charge in [-0.15, -0.1) is 0 Å². The summed E-state index contributed by atoms with van der Waals surface area (Å²) in [6.07, 6.45) is 3.03. The molecule has 2 aliphatic heterocycles. The molecule has 1 saturated heterocycles. The highest BCUT2D eigenvalue weighted by atomic mass is 16.5. The maximum absolute atomic E-state index is 9.70. The molecule has 1 N–H and O–H groups in total. The summed E-state index contributed by atoms with van der Waals surface area (Å²) in [5, 5.41) is 9.70. The zero-order valence-corrected chi connectivity index (χ0v) is 19.8. The largest absolute Gasteiger partial charge is 0.493 e. The summed E-state index contributed by atoms with van der Waals surface area (Å²) in [6.45, 7) is 7.32. The fourth-order valence-corrected chi connectivity index (χ4v) is 5.58. The average molecular weight is 440 g/mol. The molecule has 5 heteroatoms. The van der Waals surface area contributed by atoms with Crippen LogP contribution in [-0.2, 0) is 23.3 Å². The molecule has 1 fully saturated rings. The van der Waals surface area contributed by atoms with E-state index in [4.69, 9.17) is 14.2 Å². The van der Waals surface area contributed by atoms with E-state index in [-0.39, 0.29) is 24.2 Å². The van der Waals surface area contributed by atoms with Gasteiger partial charge >= 0.3 is 0 Å². The first-order chi connectivity index (χ1) is 15.5. The minimum absolute atomic E-state index is 0.118. The lowest BCUT2D eigenvalue weighted by Crippen LogP contribution is -2.58. The molecule has 0 aromatic heterocycles. The molecule has 0 amide bonds. The fourth-order valence-electron chi connectivity index (χ4n) is 5.58. The van der Waals surface area contributed by atoms with Gasteiger partial charge in [0, 0.05) is 25.2 Å². The molecule has 0 radical (unpaired) electrons. The van der Waals surface area contributed by atoms with Crippen LogP contribution in [0, 0.1) is 11.8 Å². The maximum atomic E-state index is 9.70. The summed E-state index contributed by atoms with van der Waals surface area (Å²) in [5.74, 6) is 2.25. The molecular weight excluding hydrogens is 402 g/mol. The van der Waals surface area contributed by atoms with Gasteiger partial charge in [-0.25, -0.2) is 0 Å². The van der Waals surface area contributed by atoms with Gasteiger partial charge in [0.05, 0.1) is 26.9 Å². The van der Waals surface area contributed by atoms with Crippen molar-refractivity contribution in [3.63, 3.8) is 0 Å². The van der Waals surface area contributed by atoms with Crippen molar-refractivity contribution in [2.75, 3.05) is 33.9 Å². The smallest absolute Gasteiger partial charge is 0.161 e. The lowest BCUT2D eigenvalue weighted by Gasteiger charge is -2.54. The standard InChI is InChI=1S/C27H37NO4/c1-19(17-29)12-22-16-28-11-10-21-13-24(30-3)25(31-4)14-23(21)27(28,2)15-26(22)32-18-20-8-6-5-7-9-20/h5-9,13-14,19,22,26,29H,10-12,15-18H2,1-4H3/t19?,22-,26+,27-/m0/s1. The van der Waals surface area contributed by atoms with Crippen LogP contribution in [0.3, 0.4) is 0 Å². The van der Waals surface area contributed by atoms with Crippen molar-refractivity contribution in [2.24, 2.45) is 11.8 Å². The van der Waals surface area contributed by atoms with Crippen LogP contribution in [0.2, 0.25) is 0 Å². The molecule has 2 aromatic rings. The zero-order valence-electron chi connectivity index (χ0n) is 19.8. The zero-order chi connectivity index (χ0) is 22.7. The highest BCUT2D eigenvalue weighted by Crippen LogP contribution is 2.48. The van der Waals surface area contributed by atoms with Crippen molar-refractivity contribution in [1.82, 2.24) is 4.90 Å². The Hall–Kier alpha value is -2.08. The molecule has 4 rings (SSSR count). The van der Waals surface area contributed by atoms with Gasteiger partial charge in [0.2, 0.25) is 0 Å². The van der Waals surface area contributed by atoms with Crippen LogP contribution >= 0.6 is 0 Å². The summed E-state index contributed by atoms with van der Waals surface area (Å²) in [7, 11) is 3.40. The van der Waals surface area contributed by atoms with E-state index in [1.165, 1.54) is 16.7 Å². The van der Waals surface area contributed by atoms with E-state index in [1.54, 1.807) is 14.2 Å². The molecule has 0 bridgehead atoms. The first-order valence-electron chi connectivity index (χ1n) is 11.7. The monoisotopic (exact) mass is 439 g/mol. The highest BCUT2D eigenvalue weighted by molar-refractivity contribution is 5.51. The predicted molar refractivity (Wildman–Crippen MR) is 126 cm³/mol. The average Bonchev–Trinajstić information content (AvgIpc) is 2.82. The second-order valence-corrected chi connectivity index (χ2v) is 9.66. The Bertz CT molecular complexity index is 902. The van der Waals surface area contributed by atoms with Gasteiger partial charge in [-0.05, 0) is 66.8 Å². The minimum atomic E-state index is -0.118. The van der Waals surface area contributed by atoms with Gasteiger partial charge in [0.15, 0.2) is 11.5 Å². The van der Waals surface area contributed by atoms with Crippen LogP contribution in [-0.4, -0.2) is 50.0 Å². The molecule has 2 aliphatic rings. The predicted octanol–water partition coefficient (Wildman–Crippen LogP) is 4.40. The Balaban J connectivity index is 1.63. The second kappa shape index (κ2) is 9.82. The number of hydrogen-bond donors (Lipinski definition) is 1. The Morgan fingerprint density at radius 3 is 2.53 bits per heavy atom. The lowest BCUT2D eigenvalue weighted by atomic mass is 9.71. The molecule has 4 atom stereocenters. The van der Waals surface area contributed by atoms with Crippen LogP contribution in [0.1, 0.15) is 43.4 Å². The lowest BCUT2D eigenvalue weighted by molar-refractivity contribution is -0.104. The van der Waals surface area contributed by atoms with E-state index in [1.807, 2.05) is 6.07 Å². The molecule has 32 heavy (non-hydrogen) atoms. The molecule has 0 saturated carbocycles. The molecule has 2 heterocycles. The topological polar surface area (TPSA) is 51.2 Å². The summed E-state index contributed by atoms with van der Waals surface area (Å²) in [4.78, 5) is 2.62. The molecule has 1 unspecified atom stereocenters. The number of methoxy groups -OCH3 is 2. The molecular formula is C27H37NO4. The van der Waals surface area contributed by atoms with Crippen LogP contribution in [0.15, 0.2) is 42.5 Å². The number of rotatable bonds is 8. The van der Waals surface area contributed by atoms with E-state index in [0.29, 0.717) is 12.5 Å². The van der Waals surface area contributed by atoms with Gasteiger partial charge in [-0.3, -0.25) is 4.90 Å². The molecule has 2 aromatic carbocycles. The van der Waals surface area contributed by atoms with Crippen LogP contribution in [0.5, 0.6) is 11.5 Å². The summed E-state index contributed by atoms with van der Waals surface area (Å²) in [6, 6.07) is 14.7. The molecule has 5 nitrogen and oxygen atoms in total. The Morgan fingerprint density at radius 1 is 1.12 bits per heavy atom. The first-order valence-corrected chi connectivity index (χ1v) is 11.7. The fraction of sp³-hybridized carbons (Fsp3) is 0.556. The molecule has 0 spiro atoms. The van der Waals surface area contributed by atoms with E-state index in [9.17, 15) is 5.11 Å². The number of fused-ring (bicyclic) bond motifs is 3. The van der Waals surface area contributed by atoms with Gasteiger partial charge in [-0.1, -0.05) is 37.3 Å². The van der Waals surface area contributed by atoms with Gasteiger partial charge in [-0.2, -0.15) is 0 Å². The van der Waals surface area contributed by atoms with E-state index < -0.39 is 0 Å². The van der Waals surface area contributed by atoms with Crippen molar-refractivity contribution in [2.45, 2.75) is 51.4 Å². The summed E-state index contributed by atoms with van der Waals surface area (Å²) in [5.41, 5.74) is 3.74.